The minimum atomic E-state index is -3.76. The molecule has 0 bridgehead atoms. The van der Waals surface area contributed by atoms with Crippen molar-refractivity contribution in [3.05, 3.63) is 63.9 Å². The smallest absolute Gasteiger partial charge is 0.241 e. The predicted molar refractivity (Wildman–Crippen MR) is 96.9 cm³/mol. The summed E-state index contributed by atoms with van der Waals surface area (Å²) >= 11 is 12.0. The highest BCUT2D eigenvalue weighted by Gasteiger charge is 2.23. The van der Waals surface area contributed by atoms with Crippen LogP contribution >= 0.6 is 23.2 Å². The second-order valence-electron chi connectivity index (χ2n) is 5.25. The number of anilines is 1. The van der Waals surface area contributed by atoms with Gasteiger partial charge < -0.3 is 5.32 Å². The fourth-order valence-electron chi connectivity index (χ4n) is 2.06. The SMILES string of the molecule is CS(=O)(=O)N(CC(=O)NCc1ccc(F)cc1)c1cccc(Cl)c1Cl. The Labute approximate surface area is 155 Å². The lowest BCUT2D eigenvalue weighted by Gasteiger charge is -2.23. The van der Waals surface area contributed by atoms with Gasteiger partial charge in [0, 0.05) is 6.54 Å². The lowest BCUT2D eigenvalue weighted by Crippen LogP contribution is -2.40. The number of amides is 1. The summed E-state index contributed by atoms with van der Waals surface area (Å²) in [5.41, 5.74) is 0.801. The first-order valence-electron chi connectivity index (χ1n) is 7.11. The van der Waals surface area contributed by atoms with Crippen LogP contribution < -0.4 is 9.62 Å². The molecule has 0 aromatic heterocycles. The number of halogens is 3. The molecule has 0 fully saturated rings. The maximum atomic E-state index is 12.9. The molecule has 0 saturated heterocycles. The van der Waals surface area contributed by atoms with Crippen LogP contribution in [0.5, 0.6) is 0 Å². The Balaban J connectivity index is 2.13. The molecule has 0 unspecified atom stereocenters. The summed E-state index contributed by atoms with van der Waals surface area (Å²) in [6, 6.07) is 10.1. The highest BCUT2D eigenvalue weighted by Crippen LogP contribution is 2.33. The number of rotatable bonds is 6. The van der Waals surface area contributed by atoms with Crippen molar-refractivity contribution in [2.45, 2.75) is 6.54 Å². The molecule has 0 spiro atoms. The van der Waals surface area contributed by atoms with Gasteiger partial charge in [-0.1, -0.05) is 41.4 Å². The molecule has 2 aromatic carbocycles. The van der Waals surface area contributed by atoms with Gasteiger partial charge in [0.25, 0.3) is 0 Å². The minimum Gasteiger partial charge on any atom is -0.350 e. The van der Waals surface area contributed by atoms with Gasteiger partial charge in [0.2, 0.25) is 15.9 Å². The second-order valence-corrected chi connectivity index (χ2v) is 7.94. The van der Waals surface area contributed by atoms with Gasteiger partial charge in [-0.2, -0.15) is 0 Å². The molecule has 0 aliphatic rings. The van der Waals surface area contributed by atoms with E-state index in [2.05, 4.69) is 5.32 Å². The molecule has 0 saturated carbocycles. The third-order valence-corrected chi connectivity index (χ3v) is 5.23. The summed E-state index contributed by atoms with van der Waals surface area (Å²) in [6.45, 7) is -0.319. The average molecular weight is 405 g/mol. The summed E-state index contributed by atoms with van der Waals surface area (Å²) in [4.78, 5) is 12.1. The predicted octanol–water partition coefficient (Wildman–Crippen LogP) is 3.21. The minimum absolute atomic E-state index is 0.0425. The van der Waals surface area contributed by atoms with Crippen LogP contribution in [0.4, 0.5) is 10.1 Å². The van der Waals surface area contributed by atoms with Crippen LogP contribution in [0.15, 0.2) is 42.5 Å². The summed E-state index contributed by atoms with van der Waals surface area (Å²) in [6.07, 6.45) is 0.970. The number of sulfonamides is 1. The summed E-state index contributed by atoms with van der Waals surface area (Å²) in [5.74, 6) is -0.917. The first-order valence-corrected chi connectivity index (χ1v) is 9.72. The highest BCUT2D eigenvalue weighted by atomic mass is 35.5. The number of hydrogen-bond acceptors (Lipinski definition) is 3. The molecular weight excluding hydrogens is 390 g/mol. The largest absolute Gasteiger partial charge is 0.350 e. The van der Waals surface area contributed by atoms with E-state index in [0.717, 1.165) is 10.6 Å². The van der Waals surface area contributed by atoms with Crippen molar-refractivity contribution in [3.8, 4) is 0 Å². The molecular formula is C16H15Cl2FN2O3S. The van der Waals surface area contributed by atoms with E-state index >= 15 is 0 Å². The van der Waals surface area contributed by atoms with Crippen molar-refractivity contribution in [3.63, 3.8) is 0 Å². The summed E-state index contributed by atoms with van der Waals surface area (Å²) in [7, 11) is -3.76. The highest BCUT2D eigenvalue weighted by molar-refractivity contribution is 7.92. The molecule has 1 N–H and O–H groups in total. The Bertz CT molecular complexity index is 873. The van der Waals surface area contributed by atoms with Crippen LogP contribution in [0, 0.1) is 5.82 Å². The van der Waals surface area contributed by atoms with Gasteiger partial charge in [-0.15, -0.1) is 0 Å². The number of benzene rings is 2. The van der Waals surface area contributed by atoms with Gasteiger partial charge in [-0.05, 0) is 29.8 Å². The van der Waals surface area contributed by atoms with Gasteiger partial charge in [0.15, 0.2) is 0 Å². The molecule has 0 aliphatic heterocycles. The van der Waals surface area contributed by atoms with Crippen LogP contribution in [-0.4, -0.2) is 27.1 Å². The zero-order valence-electron chi connectivity index (χ0n) is 13.2. The lowest BCUT2D eigenvalue weighted by atomic mass is 10.2. The van der Waals surface area contributed by atoms with E-state index in [9.17, 15) is 17.6 Å². The van der Waals surface area contributed by atoms with Crippen molar-refractivity contribution >= 4 is 44.8 Å². The number of carbonyl (C=O) groups excluding carboxylic acids is 1. The van der Waals surface area contributed by atoms with Crippen LogP contribution in [-0.2, 0) is 21.4 Å². The number of nitrogens with zero attached hydrogens (tertiary/aromatic N) is 1. The standard InChI is InChI=1S/C16H15Cl2FN2O3S/c1-25(23,24)21(14-4-2-3-13(17)16(14)18)10-15(22)20-9-11-5-7-12(19)8-6-11/h2-8H,9-10H2,1H3,(H,20,22). The molecule has 134 valence electrons. The molecule has 0 radical (unpaired) electrons. The Morgan fingerprint density at radius 1 is 1.16 bits per heavy atom. The molecule has 25 heavy (non-hydrogen) atoms. The fraction of sp³-hybridized carbons (Fsp3) is 0.188. The number of hydrogen-bond donors (Lipinski definition) is 1. The summed E-state index contributed by atoms with van der Waals surface area (Å²) < 4.78 is 37.8. The monoisotopic (exact) mass is 404 g/mol. The molecule has 0 aliphatic carbocycles. The first-order chi connectivity index (χ1) is 11.7. The van der Waals surface area contributed by atoms with Crippen LogP contribution in [0.2, 0.25) is 10.0 Å². The quantitative estimate of drug-likeness (QED) is 0.803. The van der Waals surface area contributed by atoms with Crippen molar-refractivity contribution in [2.75, 3.05) is 17.1 Å². The zero-order valence-corrected chi connectivity index (χ0v) is 15.5. The van der Waals surface area contributed by atoms with Gasteiger partial charge in [0.1, 0.15) is 12.4 Å². The zero-order chi connectivity index (χ0) is 18.6. The fourth-order valence-corrected chi connectivity index (χ4v) is 3.36. The Hall–Kier alpha value is -1.83. The lowest BCUT2D eigenvalue weighted by molar-refractivity contribution is -0.119. The van der Waals surface area contributed by atoms with Crippen molar-refractivity contribution in [1.29, 1.82) is 0 Å². The Kier molecular flexibility index (Phi) is 6.26. The third-order valence-electron chi connectivity index (χ3n) is 3.29. The molecule has 9 heteroatoms. The maximum absolute atomic E-state index is 12.9. The van der Waals surface area contributed by atoms with E-state index in [1.165, 1.54) is 42.5 Å². The van der Waals surface area contributed by atoms with E-state index in [4.69, 9.17) is 23.2 Å². The van der Waals surface area contributed by atoms with Gasteiger partial charge >= 0.3 is 0 Å². The van der Waals surface area contributed by atoms with Crippen molar-refractivity contribution in [2.24, 2.45) is 0 Å². The molecule has 2 rings (SSSR count). The van der Waals surface area contributed by atoms with Gasteiger partial charge in [-0.3, -0.25) is 9.10 Å². The second kappa shape index (κ2) is 8.03. The van der Waals surface area contributed by atoms with Gasteiger partial charge in [-0.25, -0.2) is 12.8 Å². The number of nitrogens with one attached hydrogen (secondary N) is 1. The average Bonchev–Trinajstić information content (AvgIpc) is 2.54. The third kappa shape index (κ3) is 5.32. The van der Waals surface area contributed by atoms with Gasteiger partial charge in [0.05, 0.1) is 22.0 Å². The normalized spacial score (nSPS) is 11.2. The van der Waals surface area contributed by atoms with Crippen LogP contribution in [0.25, 0.3) is 0 Å². The van der Waals surface area contributed by atoms with E-state index in [1.807, 2.05) is 0 Å². The van der Waals surface area contributed by atoms with Crippen LogP contribution in [0.1, 0.15) is 5.56 Å². The topological polar surface area (TPSA) is 66.5 Å². The molecule has 2 aromatic rings. The Morgan fingerprint density at radius 2 is 1.80 bits per heavy atom. The van der Waals surface area contributed by atoms with E-state index < -0.39 is 22.5 Å². The van der Waals surface area contributed by atoms with Crippen LogP contribution in [0.3, 0.4) is 0 Å². The first kappa shape index (κ1) is 19.5. The summed E-state index contributed by atoms with van der Waals surface area (Å²) in [5, 5.41) is 2.80. The van der Waals surface area contributed by atoms with E-state index in [0.29, 0.717) is 5.56 Å². The van der Waals surface area contributed by atoms with E-state index in [1.54, 1.807) is 0 Å². The molecule has 1 amide bonds. The van der Waals surface area contributed by atoms with Crippen molar-refractivity contribution < 1.29 is 17.6 Å². The maximum Gasteiger partial charge on any atom is 0.241 e. The Morgan fingerprint density at radius 3 is 2.40 bits per heavy atom. The molecule has 0 heterocycles. The molecule has 0 atom stereocenters. The number of carbonyl (C=O) groups is 1. The van der Waals surface area contributed by atoms with E-state index in [-0.39, 0.29) is 28.1 Å². The molecule has 5 nitrogen and oxygen atoms in total. The van der Waals surface area contributed by atoms with Crippen molar-refractivity contribution in [1.82, 2.24) is 5.32 Å².